The Morgan fingerprint density at radius 3 is 2.72 bits per heavy atom. The summed E-state index contributed by atoms with van der Waals surface area (Å²) in [5.41, 5.74) is 2.35. The van der Waals surface area contributed by atoms with Crippen molar-refractivity contribution >= 4 is 5.78 Å². The molecule has 1 aliphatic rings. The third-order valence-corrected chi connectivity index (χ3v) is 3.14. The summed E-state index contributed by atoms with van der Waals surface area (Å²) in [6, 6.07) is 10.1. The van der Waals surface area contributed by atoms with Crippen molar-refractivity contribution in [3.63, 3.8) is 0 Å². The smallest absolute Gasteiger partial charge is 0.206 e. The van der Waals surface area contributed by atoms with Gasteiger partial charge >= 0.3 is 0 Å². The molecule has 1 aromatic rings. The maximum atomic E-state index is 11.7. The molecule has 1 nitrogen and oxygen atoms in total. The van der Waals surface area contributed by atoms with E-state index < -0.39 is 0 Å². The van der Waals surface area contributed by atoms with Gasteiger partial charge in [0.1, 0.15) is 0 Å². The minimum atomic E-state index is 0.0466. The molecule has 0 fully saturated rings. The van der Waals surface area contributed by atoms with Crippen LogP contribution in [-0.4, -0.2) is 5.78 Å². The summed E-state index contributed by atoms with van der Waals surface area (Å²) in [6.07, 6.45) is 8.09. The molecule has 0 unspecified atom stereocenters. The van der Waals surface area contributed by atoms with Gasteiger partial charge in [0.2, 0.25) is 5.78 Å². The Balaban J connectivity index is 1.82. The van der Waals surface area contributed by atoms with Gasteiger partial charge < -0.3 is 0 Å². The molecule has 0 N–H and O–H groups in total. The molecule has 1 aromatic carbocycles. The highest BCUT2D eigenvalue weighted by atomic mass is 16.1. The molecule has 0 bridgehead atoms. The van der Waals surface area contributed by atoms with E-state index in [1.165, 1.54) is 18.4 Å². The highest BCUT2D eigenvalue weighted by Gasteiger charge is 2.01. The Hall–Kier alpha value is -1.81. The average Bonchev–Trinajstić information content (AvgIpc) is 2.45. The van der Waals surface area contributed by atoms with Crippen molar-refractivity contribution < 1.29 is 4.79 Å². The molecule has 0 aliphatic heterocycles. The van der Waals surface area contributed by atoms with Gasteiger partial charge in [0.25, 0.3) is 0 Å². The standard InChI is InChI=1S/C17H18O/c18-17(13-11-15-7-3-1-4-8-15)14-12-16-9-5-2-6-10-16/h1,3-4,7-9H,2,5-6,10-11,13H2. The fourth-order valence-corrected chi connectivity index (χ4v) is 2.07. The van der Waals surface area contributed by atoms with Crippen molar-refractivity contribution in [2.75, 3.05) is 0 Å². The first-order valence-electron chi connectivity index (χ1n) is 6.62. The Bertz CT molecular complexity index is 485. The van der Waals surface area contributed by atoms with Gasteiger partial charge in [-0.05, 0) is 49.2 Å². The van der Waals surface area contributed by atoms with E-state index in [0.29, 0.717) is 6.42 Å². The Kier molecular flexibility index (Phi) is 4.78. The van der Waals surface area contributed by atoms with Crippen molar-refractivity contribution in [1.29, 1.82) is 0 Å². The maximum Gasteiger partial charge on any atom is 0.206 e. The highest BCUT2D eigenvalue weighted by Crippen LogP contribution is 2.16. The lowest BCUT2D eigenvalue weighted by Gasteiger charge is -2.05. The van der Waals surface area contributed by atoms with Crippen LogP contribution in [0.2, 0.25) is 0 Å². The van der Waals surface area contributed by atoms with Crippen molar-refractivity contribution in [3.05, 3.63) is 47.5 Å². The van der Waals surface area contributed by atoms with Crippen molar-refractivity contribution in [2.45, 2.75) is 38.5 Å². The van der Waals surface area contributed by atoms with Crippen LogP contribution in [0.15, 0.2) is 42.0 Å². The molecule has 1 heteroatoms. The number of benzene rings is 1. The highest BCUT2D eigenvalue weighted by molar-refractivity contribution is 5.96. The molecule has 2 rings (SSSR count). The second-order valence-electron chi connectivity index (χ2n) is 4.63. The van der Waals surface area contributed by atoms with E-state index in [1.54, 1.807) is 0 Å². The Morgan fingerprint density at radius 1 is 1.17 bits per heavy atom. The number of carbonyl (C=O) groups excluding carboxylic acids is 1. The monoisotopic (exact) mass is 238 g/mol. The predicted molar refractivity (Wildman–Crippen MR) is 74.1 cm³/mol. The molecular formula is C17H18O. The second-order valence-corrected chi connectivity index (χ2v) is 4.63. The van der Waals surface area contributed by atoms with Crippen molar-refractivity contribution in [2.24, 2.45) is 0 Å². The van der Waals surface area contributed by atoms with Crippen molar-refractivity contribution in [3.8, 4) is 11.8 Å². The Morgan fingerprint density at radius 2 is 2.00 bits per heavy atom. The molecule has 0 amide bonds. The summed E-state index contributed by atoms with van der Waals surface area (Å²) in [5.74, 6) is 5.83. The molecule has 0 saturated heterocycles. The van der Waals surface area contributed by atoms with Crippen LogP contribution in [0.1, 0.15) is 37.7 Å². The van der Waals surface area contributed by atoms with Crippen LogP contribution in [0, 0.1) is 11.8 Å². The number of hydrogen-bond acceptors (Lipinski definition) is 1. The van der Waals surface area contributed by atoms with E-state index in [-0.39, 0.29) is 5.78 Å². The van der Waals surface area contributed by atoms with Crippen molar-refractivity contribution in [1.82, 2.24) is 0 Å². The third kappa shape index (κ3) is 4.22. The third-order valence-electron chi connectivity index (χ3n) is 3.14. The van der Waals surface area contributed by atoms with Gasteiger partial charge in [-0.25, -0.2) is 0 Å². The number of Topliss-reactive ketones (excluding diaryl/α,β-unsaturated/α-hetero) is 1. The zero-order valence-electron chi connectivity index (χ0n) is 10.6. The SMILES string of the molecule is O=C(C#CC1=CCCCC1)CCc1ccccc1. The molecule has 92 valence electrons. The first kappa shape index (κ1) is 12.6. The van der Waals surface area contributed by atoms with Crippen LogP contribution < -0.4 is 0 Å². The van der Waals surface area contributed by atoms with Gasteiger partial charge in [-0.15, -0.1) is 0 Å². The minimum absolute atomic E-state index is 0.0466. The Labute approximate surface area is 109 Å². The number of ketones is 1. The molecule has 0 atom stereocenters. The predicted octanol–water partition coefficient (Wildman–Crippen LogP) is 3.69. The van der Waals surface area contributed by atoms with Crippen LogP contribution in [-0.2, 0) is 11.2 Å². The molecule has 0 radical (unpaired) electrons. The summed E-state index contributed by atoms with van der Waals surface area (Å²) in [6.45, 7) is 0. The molecule has 0 heterocycles. The lowest BCUT2D eigenvalue weighted by molar-refractivity contribution is -0.113. The largest absolute Gasteiger partial charge is 0.285 e. The zero-order chi connectivity index (χ0) is 12.6. The van der Waals surface area contributed by atoms with Gasteiger partial charge in [-0.3, -0.25) is 4.79 Å². The summed E-state index contributed by atoms with van der Waals surface area (Å²) in [7, 11) is 0. The molecule has 0 aromatic heterocycles. The van der Waals surface area contributed by atoms with Gasteiger partial charge in [-0.2, -0.15) is 0 Å². The van der Waals surface area contributed by atoms with E-state index in [2.05, 4.69) is 17.9 Å². The fourth-order valence-electron chi connectivity index (χ4n) is 2.07. The van der Waals surface area contributed by atoms with E-state index in [4.69, 9.17) is 0 Å². The van der Waals surface area contributed by atoms with Gasteiger partial charge in [0.15, 0.2) is 0 Å². The summed E-state index contributed by atoms with van der Waals surface area (Å²) in [4.78, 5) is 11.7. The fraction of sp³-hybridized carbons (Fsp3) is 0.353. The lowest BCUT2D eigenvalue weighted by Crippen LogP contribution is -1.97. The van der Waals surface area contributed by atoms with Crippen LogP contribution >= 0.6 is 0 Å². The molecule has 1 aliphatic carbocycles. The number of allylic oxidation sites excluding steroid dienone is 2. The average molecular weight is 238 g/mol. The molecule has 18 heavy (non-hydrogen) atoms. The number of hydrogen-bond donors (Lipinski definition) is 0. The number of carbonyl (C=O) groups is 1. The molecule has 0 spiro atoms. The van der Waals surface area contributed by atoms with Crippen LogP contribution in [0.3, 0.4) is 0 Å². The summed E-state index contributed by atoms with van der Waals surface area (Å²) in [5, 5.41) is 0. The van der Waals surface area contributed by atoms with Crippen LogP contribution in [0.25, 0.3) is 0 Å². The van der Waals surface area contributed by atoms with E-state index >= 15 is 0 Å². The normalized spacial score (nSPS) is 14.3. The number of rotatable bonds is 3. The van der Waals surface area contributed by atoms with Gasteiger partial charge in [0.05, 0.1) is 0 Å². The van der Waals surface area contributed by atoms with Crippen LogP contribution in [0.5, 0.6) is 0 Å². The van der Waals surface area contributed by atoms with E-state index in [9.17, 15) is 4.79 Å². The first-order valence-corrected chi connectivity index (χ1v) is 6.62. The minimum Gasteiger partial charge on any atom is -0.285 e. The maximum absolute atomic E-state index is 11.7. The second kappa shape index (κ2) is 6.81. The summed E-state index contributed by atoms with van der Waals surface area (Å²) < 4.78 is 0. The quantitative estimate of drug-likeness (QED) is 0.579. The summed E-state index contributed by atoms with van der Waals surface area (Å²) >= 11 is 0. The molecular weight excluding hydrogens is 220 g/mol. The van der Waals surface area contributed by atoms with Gasteiger partial charge in [-0.1, -0.05) is 42.3 Å². The first-order chi connectivity index (χ1) is 8.84. The zero-order valence-corrected chi connectivity index (χ0v) is 10.6. The van der Waals surface area contributed by atoms with E-state index in [1.807, 2.05) is 30.3 Å². The lowest BCUT2D eigenvalue weighted by atomic mass is 10.00. The van der Waals surface area contributed by atoms with Crippen LogP contribution in [0.4, 0.5) is 0 Å². The van der Waals surface area contributed by atoms with Gasteiger partial charge in [0, 0.05) is 6.42 Å². The number of aryl methyl sites for hydroxylation is 1. The van der Waals surface area contributed by atoms with E-state index in [0.717, 1.165) is 24.8 Å². The molecule has 0 saturated carbocycles. The topological polar surface area (TPSA) is 17.1 Å².